The lowest BCUT2D eigenvalue weighted by Gasteiger charge is -2.24. The average molecular weight is 296 g/mol. The third-order valence-corrected chi connectivity index (χ3v) is 3.32. The Kier molecular flexibility index (Phi) is 7.46. The molecule has 1 saturated heterocycles. The summed E-state index contributed by atoms with van der Waals surface area (Å²) in [5, 5.41) is 0. The molecule has 0 amide bonds. The van der Waals surface area contributed by atoms with Gasteiger partial charge in [-0.2, -0.15) is 0 Å². The lowest BCUT2D eigenvalue weighted by atomic mass is 10.1. The standard InChI is InChI=1S/C16H21NO2.ClH/c1-14-5-6-16(13-15(14)2)19-10-4-3-7-17-8-11-18-12-9-17;/h5-6,13H,7-12H2,1-2H3;1H. The summed E-state index contributed by atoms with van der Waals surface area (Å²) in [7, 11) is 0. The normalized spacial score (nSPS) is 14.9. The predicted octanol–water partition coefficient (Wildman–Crippen LogP) is 2.44. The van der Waals surface area contributed by atoms with Gasteiger partial charge in [-0.15, -0.1) is 12.4 Å². The molecule has 0 unspecified atom stereocenters. The molecule has 0 spiro atoms. The number of benzene rings is 1. The van der Waals surface area contributed by atoms with Crippen molar-refractivity contribution in [2.75, 3.05) is 39.5 Å². The van der Waals surface area contributed by atoms with Gasteiger partial charge in [0.25, 0.3) is 0 Å². The zero-order chi connectivity index (χ0) is 13.5. The van der Waals surface area contributed by atoms with Crippen LogP contribution >= 0.6 is 12.4 Å². The van der Waals surface area contributed by atoms with Crippen molar-refractivity contribution in [3.63, 3.8) is 0 Å². The summed E-state index contributed by atoms with van der Waals surface area (Å²) in [5.41, 5.74) is 2.53. The number of morpholine rings is 1. The van der Waals surface area contributed by atoms with Gasteiger partial charge in [0.15, 0.2) is 0 Å². The Balaban J connectivity index is 0.00000200. The van der Waals surface area contributed by atoms with Gasteiger partial charge in [0, 0.05) is 13.1 Å². The Hall–Kier alpha value is -1.21. The van der Waals surface area contributed by atoms with E-state index >= 15 is 0 Å². The highest BCUT2D eigenvalue weighted by atomic mass is 35.5. The van der Waals surface area contributed by atoms with E-state index < -0.39 is 0 Å². The molecule has 0 bridgehead atoms. The van der Waals surface area contributed by atoms with Crippen molar-refractivity contribution in [1.82, 2.24) is 4.90 Å². The maximum Gasteiger partial charge on any atom is 0.149 e. The highest BCUT2D eigenvalue weighted by molar-refractivity contribution is 5.85. The minimum atomic E-state index is 0. The fourth-order valence-electron chi connectivity index (χ4n) is 1.90. The minimum Gasteiger partial charge on any atom is -0.481 e. The Morgan fingerprint density at radius 3 is 2.60 bits per heavy atom. The monoisotopic (exact) mass is 295 g/mol. The predicted molar refractivity (Wildman–Crippen MR) is 83.7 cm³/mol. The van der Waals surface area contributed by atoms with Crippen molar-refractivity contribution in [2.24, 2.45) is 0 Å². The minimum absolute atomic E-state index is 0. The summed E-state index contributed by atoms with van der Waals surface area (Å²) in [6.07, 6.45) is 0. The highest BCUT2D eigenvalue weighted by Gasteiger charge is 2.07. The molecule has 1 aromatic rings. The van der Waals surface area contributed by atoms with Crippen LogP contribution in [0.1, 0.15) is 11.1 Å². The van der Waals surface area contributed by atoms with Crippen molar-refractivity contribution < 1.29 is 9.47 Å². The maximum atomic E-state index is 5.61. The van der Waals surface area contributed by atoms with Gasteiger partial charge >= 0.3 is 0 Å². The van der Waals surface area contributed by atoms with Gasteiger partial charge in [-0.3, -0.25) is 4.90 Å². The molecule has 1 aliphatic heterocycles. The van der Waals surface area contributed by atoms with E-state index in [1.807, 2.05) is 6.07 Å². The summed E-state index contributed by atoms with van der Waals surface area (Å²) >= 11 is 0. The lowest BCUT2D eigenvalue weighted by molar-refractivity contribution is 0.0443. The second kappa shape index (κ2) is 8.86. The average Bonchev–Trinajstić information content (AvgIpc) is 2.43. The maximum absolute atomic E-state index is 5.61. The van der Waals surface area contributed by atoms with E-state index in [4.69, 9.17) is 9.47 Å². The molecule has 0 saturated carbocycles. The first-order valence-corrected chi connectivity index (χ1v) is 6.71. The van der Waals surface area contributed by atoms with Crippen LogP contribution in [0.15, 0.2) is 18.2 Å². The number of halogens is 1. The number of rotatable bonds is 3. The van der Waals surface area contributed by atoms with Crippen LogP contribution in [0.3, 0.4) is 0 Å². The summed E-state index contributed by atoms with van der Waals surface area (Å²) in [5.74, 6) is 7.10. The molecule has 110 valence electrons. The smallest absolute Gasteiger partial charge is 0.149 e. The van der Waals surface area contributed by atoms with Gasteiger partial charge in [-0.1, -0.05) is 17.9 Å². The quantitative estimate of drug-likeness (QED) is 0.800. The largest absolute Gasteiger partial charge is 0.481 e. The Morgan fingerprint density at radius 1 is 1.15 bits per heavy atom. The van der Waals surface area contributed by atoms with Crippen molar-refractivity contribution in [3.8, 4) is 17.6 Å². The molecule has 0 N–H and O–H groups in total. The van der Waals surface area contributed by atoms with Crippen molar-refractivity contribution in [2.45, 2.75) is 13.8 Å². The SMILES string of the molecule is Cc1ccc(OCC#CCN2CCOCC2)cc1C.Cl. The van der Waals surface area contributed by atoms with Crippen molar-refractivity contribution in [3.05, 3.63) is 29.3 Å². The summed E-state index contributed by atoms with van der Waals surface area (Å²) < 4.78 is 10.9. The number of nitrogens with zero attached hydrogens (tertiary/aromatic N) is 1. The first-order chi connectivity index (χ1) is 9.25. The molecular weight excluding hydrogens is 274 g/mol. The van der Waals surface area contributed by atoms with Gasteiger partial charge in [-0.05, 0) is 37.1 Å². The molecule has 1 heterocycles. The fourth-order valence-corrected chi connectivity index (χ4v) is 1.90. The third kappa shape index (κ3) is 5.42. The van der Waals surface area contributed by atoms with Crippen molar-refractivity contribution in [1.29, 1.82) is 0 Å². The Morgan fingerprint density at radius 2 is 1.90 bits per heavy atom. The summed E-state index contributed by atoms with van der Waals surface area (Å²) in [4.78, 5) is 2.30. The van der Waals surface area contributed by atoms with E-state index in [0.717, 1.165) is 38.6 Å². The number of aryl methyl sites for hydroxylation is 2. The van der Waals surface area contributed by atoms with Crippen LogP contribution in [-0.2, 0) is 4.74 Å². The van der Waals surface area contributed by atoms with E-state index in [2.05, 4.69) is 42.7 Å². The van der Waals surface area contributed by atoms with Gasteiger partial charge in [0.1, 0.15) is 12.4 Å². The van der Waals surface area contributed by atoms with Crippen molar-refractivity contribution >= 4 is 12.4 Å². The van der Waals surface area contributed by atoms with Crippen LogP contribution < -0.4 is 4.74 Å². The second-order valence-electron chi connectivity index (χ2n) is 4.78. The van der Waals surface area contributed by atoms with Crippen LogP contribution in [0.4, 0.5) is 0 Å². The first-order valence-electron chi connectivity index (χ1n) is 6.71. The summed E-state index contributed by atoms with van der Waals surface area (Å²) in [6, 6.07) is 6.12. The van der Waals surface area contributed by atoms with E-state index in [0.29, 0.717) is 6.61 Å². The van der Waals surface area contributed by atoms with Gasteiger partial charge in [0.05, 0.1) is 19.8 Å². The molecule has 1 aromatic carbocycles. The molecule has 3 nitrogen and oxygen atoms in total. The van der Waals surface area contributed by atoms with Crippen LogP contribution in [0.25, 0.3) is 0 Å². The van der Waals surface area contributed by atoms with Crippen LogP contribution in [0.5, 0.6) is 5.75 Å². The van der Waals surface area contributed by atoms with Crippen LogP contribution in [0.2, 0.25) is 0 Å². The molecule has 1 aliphatic rings. The van der Waals surface area contributed by atoms with Gasteiger partial charge < -0.3 is 9.47 Å². The molecule has 20 heavy (non-hydrogen) atoms. The molecule has 0 atom stereocenters. The van der Waals surface area contributed by atoms with E-state index in [1.54, 1.807) is 0 Å². The molecule has 2 rings (SSSR count). The second-order valence-corrected chi connectivity index (χ2v) is 4.78. The first kappa shape index (κ1) is 16.8. The number of ether oxygens (including phenoxy) is 2. The van der Waals surface area contributed by atoms with E-state index in [-0.39, 0.29) is 12.4 Å². The molecule has 0 aromatic heterocycles. The zero-order valence-electron chi connectivity index (χ0n) is 12.1. The Bertz CT molecular complexity index is 473. The van der Waals surface area contributed by atoms with Crippen LogP contribution in [-0.4, -0.2) is 44.4 Å². The lowest BCUT2D eigenvalue weighted by Crippen LogP contribution is -2.36. The fraction of sp³-hybridized carbons (Fsp3) is 0.500. The Labute approximate surface area is 127 Å². The van der Waals surface area contributed by atoms with E-state index in [9.17, 15) is 0 Å². The molecule has 0 aliphatic carbocycles. The summed E-state index contributed by atoms with van der Waals surface area (Å²) in [6.45, 7) is 9.04. The highest BCUT2D eigenvalue weighted by Crippen LogP contribution is 2.15. The molecule has 0 radical (unpaired) electrons. The third-order valence-electron chi connectivity index (χ3n) is 3.32. The number of hydrogen-bond acceptors (Lipinski definition) is 3. The van der Waals surface area contributed by atoms with Gasteiger partial charge in [-0.25, -0.2) is 0 Å². The number of hydrogen-bond donors (Lipinski definition) is 0. The topological polar surface area (TPSA) is 21.7 Å². The molecular formula is C16H22ClNO2. The molecule has 1 fully saturated rings. The van der Waals surface area contributed by atoms with Crippen LogP contribution in [0, 0.1) is 25.7 Å². The van der Waals surface area contributed by atoms with Gasteiger partial charge in [0.2, 0.25) is 0 Å². The zero-order valence-corrected chi connectivity index (χ0v) is 13.0. The molecule has 4 heteroatoms. The van der Waals surface area contributed by atoms with E-state index in [1.165, 1.54) is 11.1 Å².